The molecule has 6 nitrogen and oxygen atoms in total. The molecule has 0 radical (unpaired) electrons. The van der Waals surface area contributed by atoms with Crippen LogP contribution < -0.4 is 4.74 Å². The van der Waals surface area contributed by atoms with Gasteiger partial charge in [-0.1, -0.05) is 72.8 Å². The normalized spacial score (nSPS) is 14.8. The number of amides is 2. The summed E-state index contributed by atoms with van der Waals surface area (Å²) in [6, 6.07) is 31.2. The summed E-state index contributed by atoms with van der Waals surface area (Å²) in [5.74, 6) is 0.109. The standard InChI is InChI=1S/C33H35N3O3/c1-24(2)36(33(38)31(25-12-6-4-7-13-25)26-14-8-5-9-15-26)23-30(37)35-21-20-34-19-11-18-29(34)32(35)27-16-10-17-28(22-27)39-3/h4-19,22,24,31-32H,20-21,23H2,1-3H3. The zero-order valence-corrected chi connectivity index (χ0v) is 22.7. The Labute approximate surface area is 230 Å². The van der Waals surface area contributed by atoms with Crippen LogP contribution in [0.15, 0.2) is 103 Å². The van der Waals surface area contributed by atoms with Gasteiger partial charge in [0.2, 0.25) is 11.8 Å². The lowest BCUT2D eigenvalue weighted by Gasteiger charge is -2.39. The first-order valence-corrected chi connectivity index (χ1v) is 13.5. The lowest BCUT2D eigenvalue weighted by molar-refractivity contribution is -0.143. The SMILES string of the molecule is COc1cccc(C2c3cccn3CCN2C(=O)CN(C(=O)C(c2ccccc2)c2ccccc2)C(C)C)c1. The Morgan fingerprint density at radius 1 is 0.872 bits per heavy atom. The molecule has 39 heavy (non-hydrogen) atoms. The highest BCUT2D eigenvalue weighted by Gasteiger charge is 2.36. The van der Waals surface area contributed by atoms with Crippen LogP contribution in [0.5, 0.6) is 5.75 Å². The lowest BCUT2D eigenvalue weighted by Crippen LogP contribution is -2.50. The molecule has 0 saturated carbocycles. The summed E-state index contributed by atoms with van der Waals surface area (Å²) in [5, 5.41) is 0. The van der Waals surface area contributed by atoms with Crippen molar-refractivity contribution >= 4 is 11.8 Å². The molecule has 1 aliphatic rings. The molecule has 0 saturated heterocycles. The van der Waals surface area contributed by atoms with Crippen molar-refractivity contribution in [2.24, 2.45) is 0 Å². The first kappa shape index (κ1) is 26.3. The Morgan fingerprint density at radius 2 is 1.54 bits per heavy atom. The van der Waals surface area contributed by atoms with Gasteiger partial charge >= 0.3 is 0 Å². The summed E-state index contributed by atoms with van der Waals surface area (Å²) in [4.78, 5) is 31.9. The molecular weight excluding hydrogens is 486 g/mol. The monoisotopic (exact) mass is 521 g/mol. The highest BCUT2D eigenvalue weighted by molar-refractivity contribution is 5.91. The van der Waals surface area contributed by atoms with Gasteiger partial charge in [0.05, 0.1) is 19.1 Å². The van der Waals surface area contributed by atoms with Crippen LogP contribution >= 0.6 is 0 Å². The number of carbonyl (C=O) groups is 2. The Kier molecular flexibility index (Phi) is 7.82. The van der Waals surface area contributed by atoms with Crippen molar-refractivity contribution in [1.82, 2.24) is 14.4 Å². The van der Waals surface area contributed by atoms with Gasteiger partial charge in [0.1, 0.15) is 12.3 Å². The zero-order chi connectivity index (χ0) is 27.4. The number of aromatic nitrogens is 1. The van der Waals surface area contributed by atoms with Crippen molar-refractivity contribution in [1.29, 1.82) is 0 Å². The van der Waals surface area contributed by atoms with E-state index in [1.165, 1.54) is 0 Å². The van der Waals surface area contributed by atoms with Crippen LogP contribution in [0.3, 0.4) is 0 Å². The van der Waals surface area contributed by atoms with Gasteiger partial charge in [-0.15, -0.1) is 0 Å². The zero-order valence-electron chi connectivity index (χ0n) is 22.7. The second kappa shape index (κ2) is 11.6. The molecule has 3 aromatic carbocycles. The molecule has 2 amide bonds. The first-order valence-electron chi connectivity index (χ1n) is 13.5. The number of carbonyl (C=O) groups excluding carboxylic acids is 2. The predicted molar refractivity (Wildman–Crippen MR) is 153 cm³/mol. The smallest absolute Gasteiger partial charge is 0.243 e. The van der Waals surface area contributed by atoms with Gasteiger partial charge in [0, 0.05) is 31.0 Å². The van der Waals surface area contributed by atoms with Crippen molar-refractivity contribution in [2.75, 3.05) is 20.2 Å². The summed E-state index contributed by atoms with van der Waals surface area (Å²) in [5.41, 5.74) is 3.86. The fourth-order valence-corrected chi connectivity index (χ4v) is 5.50. The average Bonchev–Trinajstić information content (AvgIpc) is 3.45. The summed E-state index contributed by atoms with van der Waals surface area (Å²) < 4.78 is 7.68. The van der Waals surface area contributed by atoms with E-state index in [0.717, 1.165) is 28.1 Å². The van der Waals surface area contributed by atoms with Crippen molar-refractivity contribution in [3.63, 3.8) is 0 Å². The predicted octanol–water partition coefficient (Wildman–Crippen LogP) is 5.50. The van der Waals surface area contributed by atoms with Gasteiger partial charge < -0.3 is 19.1 Å². The molecule has 200 valence electrons. The fourth-order valence-electron chi connectivity index (χ4n) is 5.50. The van der Waals surface area contributed by atoms with E-state index >= 15 is 0 Å². The van der Waals surface area contributed by atoms with Gasteiger partial charge in [-0.2, -0.15) is 0 Å². The van der Waals surface area contributed by atoms with Gasteiger partial charge in [-0.25, -0.2) is 0 Å². The molecule has 2 heterocycles. The molecule has 1 unspecified atom stereocenters. The minimum atomic E-state index is -0.490. The van der Waals surface area contributed by atoms with Gasteiger partial charge in [0.25, 0.3) is 0 Å². The summed E-state index contributed by atoms with van der Waals surface area (Å²) >= 11 is 0. The maximum Gasteiger partial charge on any atom is 0.243 e. The number of rotatable bonds is 8. The first-order chi connectivity index (χ1) is 19.0. The molecule has 5 rings (SSSR count). The number of fused-ring (bicyclic) bond motifs is 1. The number of benzene rings is 3. The third kappa shape index (κ3) is 5.46. The highest BCUT2D eigenvalue weighted by atomic mass is 16.5. The summed E-state index contributed by atoms with van der Waals surface area (Å²) in [6.07, 6.45) is 2.05. The minimum Gasteiger partial charge on any atom is -0.497 e. The van der Waals surface area contributed by atoms with Crippen LogP contribution in [0.2, 0.25) is 0 Å². The van der Waals surface area contributed by atoms with Crippen LogP contribution in [-0.4, -0.2) is 52.4 Å². The topological polar surface area (TPSA) is 54.8 Å². The van der Waals surface area contributed by atoms with Crippen molar-refractivity contribution in [3.8, 4) is 5.75 Å². The van der Waals surface area contributed by atoms with E-state index in [0.29, 0.717) is 13.1 Å². The molecule has 0 aliphatic carbocycles. The molecule has 6 heteroatoms. The Hall–Kier alpha value is -4.32. The quantitative estimate of drug-likeness (QED) is 0.308. The van der Waals surface area contributed by atoms with Crippen molar-refractivity contribution < 1.29 is 14.3 Å². The maximum atomic E-state index is 14.2. The molecule has 1 aliphatic heterocycles. The number of nitrogens with zero attached hydrogens (tertiary/aromatic N) is 3. The van der Waals surface area contributed by atoms with Crippen molar-refractivity contribution in [2.45, 2.75) is 38.4 Å². The lowest BCUT2D eigenvalue weighted by atomic mass is 9.89. The Balaban J connectivity index is 1.47. The van der Waals surface area contributed by atoms with Gasteiger partial charge in [-0.3, -0.25) is 9.59 Å². The van der Waals surface area contributed by atoms with E-state index in [4.69, 9.17) is 4.74 Å². The number of hydrogen-bond acceptors (Lipinski definition) is 3. The van der Waals surface area contributed by atoms with E-state index < -0.39 is 5.92 Å². The van der Waals surface area contributed by atoms with E-state index in [1.807, 2.05) is 110 Å². The Bertz CT molecular complexity index is 1370. The third-order valence-corrected chi connectivity index (χ3v) is 7.49. The summed E-state index contributed by atoms with van der Waals surface area (Å²) in [6.45, 7) is 5.22. The van der Waals surface area contributed by atoms with Crippen molar-refractivity contribution in [3.05, 3.63) is 126 Å². The van der Waals surface area contributed by atoms with Gasteiger partial charge in [-0.05, 0) is 54.8 Å². The van der Waals surface area contributed by atoms with E-state index in [-0.39, 0.29) is 30.4 Å². The summed E-state index contributed by atoms with van der Waals surface area (Å²) in [7, 11) is 1.65. The molecule has 1 aromatic heterocycles. The highest BCUT2D eigenvalue weighted by Crippen LogP contribution is 2.34. The molecule has 0 bridgehead atoms. The van der Waals surface area contributed by atoms with Crippen LogP contribution in [0.1, 0.15) is 48.2 Å². The second-order valence-electron chi connectivity index (χ2n) is 10.2. The minimum absolute atomic E-state index is 0.00778. The molecule has 0 N–H and O–H groups in total. The molecule has 0 spiro atoms. The van der Waals surface area contributed by atoms with Crippen LogP contribution in [-0.2, 0) is 16.1 Å². The number of methoxy groups -OCH3 is 1. The molecular formula is C33H35N3O3. The molecule has 0 fully saturated rings. The average molecular weight is 522 g/mol. The third-order valence-electron chi connectivity index (χ3n) is 7.49. The van der Waals surface area contributed by atoms with E-state index in [1.54, 1.807) is 12.0 Å². The molecule has 4 aromatic rings. The second-order valence-corrected chi connectivity index (χ2v) is 10.2. The largest absolute Gasteiger partial charge is 0.497 e. The van der Waals surface area contributed by atoms with E-state index in [9.17, 15) is 9.59 Å². The van der Waals surface area contributed by atoms with Crippen LogP contribution in [0.25, 0.3) is 0 Å². The number of hydrogen-bond donors (Lipinski definition) is 0. The van der Waals surface area contributed by atoms with Gasteiger partial charge in [0.15, 0.2) is 0 Å². The van der Waals surface area contributed by atoms with Crippen LogP contribution in [0, 0.1) is 0 Å². The Morgan fingerprint density at radius 3 is 2.15 bits per heavy atom. The maximum absolute atomic E-state index is 14.2. The van der Waals surface area contributed by atoms with E-state index in [2.05, 4.69) is 16.8 Å². The number of ether oxygens (including phenoxy) is 1. The van der Waals surface area contributed by atoms with Crippen LogP contribution in [0.4, 0.5) is 0 Å². The molecule has 1 atom stereocenters. The fraction of sp³-hybridized carbons (Fsp3) is 0.273.